The number of carbonyl (C=O) groups is 3. The quantitative estimate of drug-likeness (QED) is 0.298. The van der Waals surface area contributed by atoms with Crippen LogP contribution in [0.5, 0.6) is 0 Å². The fourth-order valence-corrected chi connectivity index (χ4v) is 3.03. The van der Waals surface area contributed by atoms with E-state index in [-0.39, 0.29) is 18.1 Å². The first-order valence-corrected chi connectivity index (χ1v) is 10.6. The molecule has 3 rings (SSSR count). The van der Waals surface area contributed by atoms with Gasteiger partial charge in [-0.25, -0.2) is 4.79 Å². The number of aryl methyl sites for hydroxylation is 1. The Balaban J connectivity index is 1.70. The van der Waals surface area contributed by atoms with Crippen molar-refractivity contribution in [2.24, 2.45) is 0 Å². The zero-order chi connectivity index (χ0) is 24.5. The summed E-state index contributed by atoms with van der Waals surface area (Å²) in [4.78, 5) is 36.8. The normalized spacial score (nSPS) is 10.7. The van der Waals surface area contributed by atoms with Crippen LogP contribution in [0, 0.1) is 18.3 Å². The van der Waals surface area contributed by atoms with Crippen molar-refractivity contribution in [3.8, 4) is 6.07 Å². The van der Waals surface area contributed by atoms with Crippen LogP contribution < -0.4 is 10.6 Å². The third-order valence-electron chi connectivity index (χ3n) is 4.79. The number of benzene rings is 3. The molecule has 0 aliphatic carbocycles. The van der Waals surface area contributed by atoms with Crippen LogP contribution in [0.3, 0.4) is 0 Å². The lowest BCUT2D eigenvalue weighted by atomic mass is 10.1. The molecule has 0 saturated carbocycles. The van der Waals surface area contributed by atoms with Gasteiger partial charge in [-0.05, 0) is 74.0 Å². The largest absolute Gasteiger partial charge is 0.462 e. The predicted molar refractivity (Wildman–Crippen MR) is 130 cm³/mol. The van der Waals surface area contributed by atoms with Gasteiger partial charge in [0, 0.05) is 16.9 Å². The maximum absolute atomic E-state index is 12.6. The summed E-state index contributed by atoms with van der Waals surface area (Å²) >= 11 is 0. The smallest absolute Gasteiger partial charge is 0.338 e. The predicted octanol–water partition coefficient (Wildman–Crippen LogP) is 4.97. The molecule has 3 aromatic rings. The number of ether oxygens (including phenoxy) is 1. The minimum atomic E-state index is -0.597. The third kappa shape index (κ3) is 6.40. The average molecular weight is 453 g/mol. The van der Waals surface area contributed by atoms with Gasteiger partial charge < -0.3 is 15.4 Å². The lowest BCUT2D eigenvalue weighted by Gasteiger charge is -2.08. The number of rotatable bonds is 7. The number of nitriles is 1. The molecule has 3 aromatic carbocycles. The summed E-state index contributed by atoms with van der Waals surface area (Å²) in [5.41, 5.74) is 3.37. The minimum absolute atomic E-state index is 0.114. The molecule has 7 nitrogen and oxygen atoms in total. The first kappa shape index (κ1) is 24.0. The highest BCUT2D eigenvalue weighted by Crippen LogP contribution is 2.17. The lowest BCUT2D eigenvalue weighted by Crippen LogP contribution is -2.14. The molecule has 170 valence electrons. The number of anilines is 2. The van der Waals surface area contributed by atoms with Crippen molar-refractivity contribution < 1.29 is 19.1 Å². The minimum Gasteiger partial charge on any atom is -0.462 e. The number of hydrogen-bond acceptors (Lipinski definition) is 5. The zero-order valence-electron chi connectivity index (χ0n) is 18.8. The summed E-state index contributed by atoms with van der Waals surface area (Å²) in [5, 5.41) is 14.9. The molecule has 0 atom stereocenters. The standard InChI is InChI=1S/C27H23N3O4/c1-3-34-27(33)21-11-13-23(14-12-21)29-26(32)22(17-28)15-19-5-4-6-24(16-19)30-25(31)20-9-7-18(2)8-10-20/h4-16H,3H2,1-2H3,(H,29,32)(H,30,31)/b22-15+. The Hall–Kier alpha value is -4.70. The van der Waals surface area contributed by atoms with Crippen LogP contribution in [0.15, 0.2) is 78.4 Å². The Morgan fingerprint density at radius 1 is 0.912 bits per heavy atom. The second-order valence-corrected chi connectivity index (χ2v) is 7.37. The monoisotopic (exact) mass is 453 g/mol. The molecule has 0 unspecified atom stereocenters. The van der Waals surface area contributed by atoms with Gasteiger partial charge in [0.1, 0.15) is 11.6 Å². The molecule has 0 aliphatic heterocycles. The highest BCUT2D eigenvalue weighted by atomic mass is 16.5. The van der Waals surface area contributed by atoms with Crippen LogP contribution in [-0.4, -0.2) is 24.4 Å². The van der Waals surface area contributed by atoms with Crippen LogP contribution in [0.1, 0.15) is 38.8 Å². The second kappa shape index (κ2) is 11.2. The van der Waals surface area contributed by atoms with Crippen molar-refractivity contribution in [2.75, 3.05) is 17.2 Å². The van der Waals surface area contributed by atoms with Crippen LogP contribution >= 0.6 is 0 Å². The van der Waals surface area contributed by atoms with E-state index in [2.05, 4.69) is 10.6 Å². The first-order chi connectivity index (χ1) is 16.4. The second-order valence-electron chi connectivity index (χ2n) is 7.37. The van der Waals surface area contributed by atoms with E-state index < -0.39 is 11.9 Å². The van der Waals surface area contributed by atoms with E-state index in [0.29, 0.717) is 28.1 Å². The highest BCUT2D eigenvalue weighted by Gasteiger charge is 2.12. The lowest BCUT2D eigenvalue weighted by molar-refractivity contribution is -0.112. The number of hydrogen-bond donors (Lipinski definition) is 2. The molecular weight excluding hydrogens is 430 g/mol. The van der Waals surface area contributed by atoms with E-state index in [1.165, 1.54) is 18.2 Å². The van der Waals surface area contributed by atoms with Gasteiger partial charge in [-0.1, -0.05) is 29.8 Å². The Morgan fingerprint density at radius 2 is 1.59 bits per heavy atom. The Labute approximate surface area is 197 Å². The Morgan fingerprint density at radius 3 is 2.24 bits per heavy atom. The van der Waals surface area contributed by atoms with E-state index in [4.69, 9.17) is 4.74 Å². The molecule has 2 N–H and O–H groups in total. The number of nitrogens with one attached hydrogen (secondary N) is 2. The van der Waals surface area contributed by atoms with Gasteiger partial charge in [-0.15, -0.1) is 0 Å². The van der Waals surface area contributed by atoms with Crippen LogP contribution in [0.4, 0.5) is 11.4 Å². The summed E-state index contributed by atoms with van der Waals surface area (Å²) in [6, 6.07) is 22.1. The number of nitrogens with zero attached hydrogens (tertiary/aromatic N) is 1. The van der Waals surface area contributed by atoms with Crippen molar-refractivity contribution in [3.63, 3.8) is 0 Å². The van der Waals surface area contributed by atoms with E-state index in [9.17, 15) is 19.6 Å². The summed E-state index contributed by atoms with van der Waals surface area (Å²) in [5.74, 6) is -1.31. The summed E-state index contributed by atoms with van der Waals surface area (Å²) in [6.07, 6.45) is 1.43. The van der Waals surface area contributed by atoms with Gasteiger partial charge in [0.05, 0.1) is 12.2 Å². The van der Waals surface area contributed by atoms with Crippen molar-refractivity contribution >= 4 is 35.2 Å². The molecule has 0 fully saturated rings. The third-order valence-corrected chi connectivity index (χ3v) is 4.79. The fourth-order valence-electron chi connectivity index (χ4n) is 3.03. The van der Waals surface area contributed by atoms with Crippen LogP contribution in [0.25, 0.3) is 6.08 Å². The molecule has 0 radical (unpaired) electrons. The highest BCUT2D eigenvalue weighted by molar-refractivity contribution is 6.10. The number of amides is 2. The molecule has 0 aliphatic rings. The molecule has 0 saturated heterocycles. The number of carbonyl (C=O) groups excluding carboxylic acids is 3. The van der Waals surface area contributed by atoms with Gasteiger partial charge in [0.15, 0.2) is 0 Å². The molecule has 0 aromatic heterocycles. The summed E-state index contributed by atoms with van der Waals surface area (Å²) in [6.45, 7) is 3.93. The van der Waals surface area contributed by atoms with Crippen molar-refractivity contribution in [3.05, 3.63) is 101 Å². The van der Waals surface area contributed by atoms with Gasteiger partial charge in [-0.3, -0.25) is 9.59 Å². The summed E-state index contributed by atoms with van der Waals surface area (Å²) in [7, 11) is 0. The number of esters is 1. The molecule has 2 amide bonds. The average Bonchev–Trinajstić information content (AvgIpc) is 2.83. The van der Waals surface area contributed by atoms with E-state index in [1.54, 1.807) is 55.5 Å². The van der Waals surface area contributed by atoms with Crippen LogP contribution in [0.2, 0.25) is 0 Å². The maximum atomic E-state index is 12.6. The molecule has 34 heavy (non-hydrogen) atoms. The first-order valence-electron chi connectivity index (χ1n) is 10.6. The molecular formula is C27H23N3O4. The van der Waals surface area contributed by atoms with Crippen molar-refractivity contribution in [1.82, 2.24) is 0 Å². The molecule has 7 heteroatoms. The van der Waals surface area contributed by atoms with E-state index in [1.807, 2.05) is 25.1 Å². The fraction of sp³-hybridized carbons (Fsp3) is 0.111. The topological polar surface area (TPSA) is 108 Å². The van der Waals surface area contributed by atoms with E-state index >= 15 is 0 Å². The zero-order valence-corrected chi connectivity index (χ0v) is 18.8. The maximum Gasteiger partial charge on any atom is 0.338 e. The van der Waals surface area contributed by atoms with Gasteiger partial charge in [-0.2, -0.15) is 5.26 Å². The summed E-state index contributed by atoms with van der Waals surface area (Å²) < 4.78 is 4.93. The van der Waals surface area contributed by atoms with Crippen LogP contribution in [-0.2, 0) is 9.53 Å². The molecule has 0 bridgehead atoms. The van der Waals surface area contributed by atoms with Gasteiger partial charge >= 0.3 is 5.97 Å². The van der Waals surface area contributed by atoms with Gasteiger partial charge in [0.2, 0.25) is 0 Å². The Kier molecular flexibility index (Phi) is 7.93. The van der Waals surface area contributed by atoms with E-state index in [0.717, 1.165) is 5.56 Å². The van der Waals surface area contributed by atoms with Crippen molar-refractivity contribution in [2.45, 2.75) is 13.8 Å². The van der Waals surface area contributed by atoms with Gasteiger partial charge in [0.25, 0.3) is 11.8 Å². The van der Waals surface area contributed by atoms with Crippen molar-refractivity contribution in [1.29, 1.82) is 5.26 Å². The Bertz CT molecular complexity index is 1270. The SMILES string of the molecule is CCOC(=O)c1ccc(NC(=O)/C(C#N)=C/c2cccc(NC(=O)c3ccc(C)cc3)c2)cc1. The molecule has 0 spiro atoms. The molecule has 0 heterocycles.